The van der Waals surface area contributed by atoms with Gasteiger partial charge in [0.15, 0.2) is 0 Å². The summed E-state index contributed by atoms with van der Waals surface area (Å²) >= 11 is 0. The van der Waals surface area contributed by atoms with E-state index in [-0.39, 0.29) is 17.3 Å². The fraction of sp³-hybridized carbons (Fsp3) is 0.364. The summed E-state index contributed by atoms with van der Waals surface area (Å²) in [5.74, 6) is -0.354. The molecule has 0 aliphatic rings. The van der Waals surface area contributed by atoms with E-state index in [0.29, 0.717) is 6.54 Å². The van der Waals surface area contributed by atoms with Gasteiger partial charge in [-0.1, -0.05) is 0 Å². The zero-order valence-corrected chi connectivity index (χ0v) is 11.2. The number of sulfonamides is 1. The highest BCUT2D eigenvalue weighted by atomic mass is 32.2. The van der Waals surface area contributed by atoms with E-state index < -0.39 is 10.0 Å². The van der Waals surface area contributed by atoms with Crippen molar-refractivity contribution in [3.05, 3.63) is 24.3 Å². The first-order chi connectivity index (χ1) is 8.49. The predicted molar refractivity (Wildman–Crippen MR) is 69.9 cm³/mol. The fourth-order valence-corrected chi connectivity index (χ4v) is 2.29. The number of nitrogens with one attached hydrogen (secondary N) is 3. The van der Waals surface area contributed by atoms with Gasteiger partial charge in [0.05, 0.1) is 11.4 Å². The van der Waals surface area contributed by atoms with Gasteiger partial charge >= 0.3 is 0 Å². The highest BCUT2D eigenvalue weighted by Gasteiger charge is 2.14. The Labute approximate surface area is 107 Å². The maximum Gasteiger partial charge on any atom is 0.241 e. The van der Waals surface area contributed by atoms with Crippen LogP contribution >= 0.6 is 0 Å². The van der Waals surface area contributed by atoms with Crippen LogP contribution in [0.5, 0.6) is 0 Å². The maximum absolute atomic E-state index is 11.8. The Hall–Kier alpha value is -1.60. The molecule has 0 aliphatic carbocycles. The van der Waals surface area contributed by atoms with Crippen molar-refractivity contribution in [1.82, 2.24) is 10.0 Å². The third-order valence-electron chi connectivity index (χ3n) is 2.25. The molecule has 0 heterocycles. The Morgan fingerprint density at radius 3 is 2.33 bits per heavy atom. The highest BCUT2D eigenvalue weighted by molar-refractivity contribution is 7.89. The molecule has 0 fully saturated rings. The molecule has 1 amide bonds. The quantitative estimate of drug-likeness (QED) is 0.687. The molecule has 0 saturated heterocycles. The molecule has 18 heavy (non-hydrogen) atoms. The minimum atomic E-state index is -3.64. The Bertz CT molecular complexity index is 497. The molecule has 0 atom stereocenters. The van der Waals surface area contributed by atoms with Gasteiger partial charge in [-0.2, -0.15) is 0 Å². The topological polar surface area (TPSA) is 87.3 Å². The lowest BCUT2D eigenvalue weighted by molar-refractivity contribution is -0.119. The van der Waals surface area contributed by atoms with Crippen molar-refractivity contribution in [3.8, 4) is 0 Å². The van der Waals surface area contributed by atoms with E-state index >= 15 is 0 Å². The average Bonchev–Trinajstić information content (AvgIpc) is 2.37. The molecule has 6 nitrogen and oxygen atoms in total. The molecule has 1 aromatic rings. The first kappa shape index (κ1) is 14.5. The summed E-state index contributed by atoms with van der Waals surface area (Å²) in [6.07, 6.45) is 0. The molecule has 1 rings (SSSR count). The van der Waals surface area contributed by atoms with Gasteiger partial charge in [0.2, 0.25) is 15.9 Å². The van der Waals surface area contributed by atoms with Crippen molar-refractivity contribution in [2.75, 3.05) is 25.5 Å². The van der Waals surface area contributed by atoms with Crippen LogP contribution in [0.1, 0.15) is 6.92 Å². The summed E-state index contributed by atoms with van der Waals surface area (Å²) in [5, 5.41) is 5.41. The van der Waals surface area contributed by atoms with E-state index in [0.717, 1.165) is 5.69 Å². The van der Waals surface area contributed by atoms with E-state index in [1.54, 1.807) is 26.1 Å². The van der Waals surface area contributed by atoms with Crippen LogP contribution in [-0.4, -0.2) is 34.5 Å². The van der Waals surface area contributed by atoms with Crippen molar-refractivity contribution >= 4 is 21.6 Å². The molecule has 0 radical (unpaired) electrons. The number of hydrogen-bond donors (Lipinski definition) is 3. The average molecular weight is 271 g/mol. The Balaban J connectivity index is 2.70. The fourth-order valence-electron chi connectivity index (χ4n) is 1.30. The summed E-state index contributed by atoms with van der Waals surface area (Å²) in [6.45, 7) is 1.98. The predicted octanol–water partition coefficient (Wildman–Crippen LogP) is 0.143. The number of hydrogen-bond acceptors (Lipinski definition) is 4. The molecular formula is C11H17N3O3S. The van der Waals surface area contributed by atoms with Crippen molar-refractivity contribution in [1.29, 1.82) is 0 Å². The minimum absolute atomic E-state index is 0.130. The molecule has 0 aliphatic heterocycles. The Morgan fingerprint density at radius 2 is 1.83 bits per heavy atom. The first-order valence-corrected chi connectivity index (χ1v) is 7.02. The second-order valence-corrected chi connectivity index (χ2v) is 5.32. The van der Waals surface area contributed by atoms with E-state index in [2.05, 4.69) is 15.4 Å². The molecule has 0 aromatic heterocycles. The van der Waals surface area contributed by atoms with Gasteiger partial charge in [-0.05, 0) is 31.2 Å². The van der Waals surface area contributed by atoms with Crippen molar-refractivity contribution in [3.63, 3.8) is 0 Å². The standard InChI is InChI=1S/C11H17N3O3S/c1-3-13-11(15)8-14-18(16,17)10-6-4-9(12-2)5-7-10/h4-7,12,14H,3,8H2,1-2H3,(H,13,15). The van der Waals surface area contributed by atoms with Gasteiger partial charge in [0.1, 0.15) is 0 Å². The minimum Gasteiger partial charge on any atom is -0.388 e. The molecule has 0 unspecified atom stereocenters. The Kier molecular flexibility index (Phi) is 5.11. The van der Waals surface area contributed by atoms with E-state index in [4.69, 9.17) is 0 Å². The molecule has 0 spiro atoms. The largest absolute Gasteiger partial charge is 0.388 e. The summed E-state index contributed by atoms with van der Waals surface area (Å²) < 4.78 is 25.9. The van der Waals surface area contributed by atoms with E-state index in [9.17, 15) is 13.2 Å². The van der Waals surface area contributed by atoms with Gasteiger partial charge in [-0.15, -0.1) is 0 Å². The highest BCUT2D eigenvalue weighted by Crippen LogP contribution is 2.12. The normalized spacial score (nSPS) is 11.0. The lowest BCUT2D eigenvalue weighted by atomic mass is 10.3. The third kappa shape index (κ3) is 4.01. The second-order valence-electron chi connectivity index (χ2n) is 3.55. The molecule has 100 valence electrons. The van der Waals surface area contributed by atoms with Crippen molar-refractivity contribution in [2.24, 2.45) is 0 Å². The van der Waals surface area contributed by atoms with Crippen molar-refractivity contribution in [2.45, 2.75) is 11.8 Å². The molecule has 0 saturated carbocycles. The van der Waals surface area contributed by atoms with Gasteiger partial charge in [0, 0.05) is 19.3 Å². The monoisotopic (exact) mass is 271 g/mol. The van der Waals surface area contributed by atoms with Gasteiger partial charge in [-0.3, -0.25) is 4.79 Å². The summed E-state index contributed by atoms with van der Waals surface area (Å²) in [5.41, 5.74) is 0.817. The lowest BCUT2D eigenvalue weighted by Gasteiger charge is -2.07. The van der Waals surface area contributed by atoms with Gasteiger partial charge in [-0.25, -0.2) is 13.1 Å². The summed E-state index contributed by atoms with van der Waals surface area (Å²) in [7, 11) is -1.89. The van der Waals surface area contributed by atoms with E-state index in [1.807, 2.05) is 0 Å². The van der Waals surface area contributed by atoms with Crippen LogP contribution in [0.15, 0.2) is 29.2 Å². The van der Waals surface area contributed by atoms with Crippen molar-refractivity contribution < 1.29 is 13.2 Å². The SMILES string of the molecule is CCNC(=O)CNS(=O)(=O)c1ccc(NC)cc1. The maximum atomic E-state index is 11.8. The number of benzene rings is 1. The molecule has 3 N–H and O–H groups in total. The summed E-state index contributed by atoms with van der Waals surface area (Å²) in [6, 6.07) is 6.26. The molecule has 0 bridgehead atoms. The molecule has 1 aromatic carbocycles. The Morgan fingerprint density at radius 1 is 1.22 bits per heavy atom. The zero-order valence-electron chi connectivity index (χ0n) is 10.4. The van der Waals surface area contributed by atoms with Crippen LogP contribution in [0, 0.1) is 0 Å². The van der Waals surface area contributed by atoms with Gasteiger partial charge in [0.25, 0.3) is 0 Å². The van der Waals surface area contributed by atoms with Crippen LogP contribution in [0.3, 0.4) is 0 Å². The smallest absolute Gasteiger partial charge is 0.241 e. The second kappa shape index (κ2) is 6.36. The van der Waals surface area contributed by atoms with Crippen LogP contribution in [-0.2, 0) is 14.8 Å². The van der Waals surface area contributed by atoms with Crippen LogP contribution in [0.2, 0.25) is 0 Å². The summed E-state index contributed by atoms with van der Waals surface area (Å²) in [4.78, 5) is 11.3. The van der Waals surface area contributed by atoms with Gasteiger partial charge < -0.3 is 10.6 Å². The number of amides is 1. The molecular weight excluding hydrogens is 254 g/mol. The first-order valence-electron chi connectivity index (χ1n) is 5.53. The number of carbonyl (C=O) groups is 1. The van der Waals surface area contributed by atoms with Crippen LogP contribution in [0.4, 0.5) is 5.69 Å². The third-order valence-corrected chi connectivity index (χ3v) is 3.67. The molecule has 7 heteroatoms. The van der Waals surface area contributed by atoms with Crippen LogP contribution in [0.25, 0.3) is 0 Å². The number of likely N-dealkylation sites (N-methyl/N-ethyl adjacent to an activating group) is 1. The number of carbonyl (C=O) groups excluding carboxylic acids is 1. The lowest BCUT2D eigenvalue weighted by Crippen LogP contribution is -2.36. The number of rotatable bonds is 6. The van der Waals surface area contributed by atoms with Crippen LogP contribution < -0.4 is 15.4 Å². The zero-order chi connectivity index (χ0) is 13.6. The number of anilines is 1. The van der Waals surface area contributed by atoms with E-state index in [1.165, 1.54) is 12.1 Å².